The lowest BCUT2D eigenvalue weighted by Crippen LogP contribution is -2.82. The number of carbonyl (C=O) groups excluding carboxylic acids is 3. The van der Waals surface area contributed by atoms with Gasteiger partial charge in [-0.25, -0.2) is 4.79 Å². The van der Waals surface area contributed by atoms with E-state index >= 15 is 19.5 Å². The molecule has 94 heavy (non-hydrogen) atoms. The van der Waals surface area contributed by atoms with Gasteiger partial charge in [-0.3, -0.25) is 14.9 Å². The van der Waals surface area contributed by atoms with Gasteiger partial charge in [0.25, 0.3) is 0 Å². The van der Waals surface area contributed by atoms with Crippen molar-refractivity contribution < 1.29 is 53.1 Å². The number of hydrogen-bond donors (Lipinski definition) is 4. The number of aliphatic hydroxyl groups is 3. The first-order chi connectivity index (χ1) is 45.7. The molecule has 7 spiro atoms. The number of carbonyl (C=O) groups is 3. The highest BCUT2D eigenvalue weighted by molar-refractivity contribution is 5.94. The molecule has 19 aliphatic rings. The van der Waals surface area contributed by atoms with E-state index in [-0.39, 0.29) is 83.1 Å². The van der Waals surface area contributed by atoms with Crippen LogP contribution >= 0.6 is 0 Å². The van der Waals surface area contributed by atoms with Crippen LogP contribution in [0.3, 0.4) is 0 Å². The number of cyclic esters (lactones) is 2. The lowest BCUT2D eigenvalue weighted by Gasteiger charge is -2.73. The van der Waals surface area contributed by atoms with Gasteiger partial charge in [-0.1, -0.05) is 112 Å². The van der Waals surface area contributed by atoms with Crippen molar-refractivity contribution in [1.82, 2.24) is 10.2 Å². The van der Waals surface area contributed by atoms with Gasteiger partial charge in [0, 0.05) is 46.7 Å². The molecule has 15 fully saturated rings. The molecule has 12 aliphatic carbocycles. The highest BCUT2D eigenvalue weighted by Gasteiger charge is 2.99. The minimum absolute atomic E-state index is 0.0622. The SMILES string of the molecule is C[C@@]12C[C@H]3C[C@@]45CC6(CCCC6)C[C@@H]4CC4=C[C@H]6[C@]7(CC[C@@H]8C=CC[C@H]9[C@H]%10CCCC[C@@H]%10C=C[C@@]896)O[C@]46[C@H]5C(=O)OC[C@@]64[C@@H]7C(=O)[C@@H](O)[C@]([C@H]5CCC[C@H](Cc6ccccc6)C5)([C@H]34)[C@]13O[C@@H]3C(=O)O[C@H]2c1ccoc1C[C@@H]([C@H]1CC[C@H]2[C@H](C=CN3CNC[C@@H]23)C1)[C@H](O)CO. The van der Waals surface area contributed by atoms with Crippen molar-refractivity contribution in [2.75, 3.05) is 26.4 Å². The van der Waals surface area contributed by atoms with Crippen LogP contribution in [0, 0.1) is 127 Å². The molecule has 4 N–H and O–H groups in total. The van der Waals surface area contributed by atoms with Gasteiger partial charge in [-0.15, -0.1) is 0 Å². The summed E-state index contributed by atoms with van der Waals surface area (Å²) in [6, 6.07) is 13.3. The fourth-order valence-electron chi connectivity index (χ4n) is 31.2. The molecule has 29 atom stereocenters. The second-order valence-corrected chi connectivity index (χ2v) is 36.2. The fraction of sp³-hybridized carbons (Fsp3) is 0.741. The number of benzene rings is 1. The summed E-state index contributed by atoms with van der Waals surface area (Å²) in [6.45, 7) is 3.86. The van der Waals surface area contributed by atoms with E-state index < -0.39 is 86.6 Å². The molecule has 8 heterocycles. The van der Waals surface area contributed by atoms with Gasteiger partial charge in [-0.2, -0.15) is 0 Å². The Balaban J connectivity index is 0.773. The van der Waals surface area contributed by atoms with Crippen LogP contribution in [0.2, 0.25) is 0 Å². The van der Waals surface area contributed by atoms with Crippen LogP contribution in [0.25, 0.3) is 0 Å². The summed E-state index contributed by atoms with van der Waals surface area (Å²) in [4.78, 5) is 53.0. The molecule has 7 aliphatic heterocycles. The predicted molar refractivity (Wildman–Crippen MR) is 347 cm³/mol. The number of epoxide rings is 1. The highest BCUT2D eigenvalue weighted by Crippen LogP contribution is 2.92. The zero-order chi connectivity index (χ0) is 62.9. The molecule has 13 nitrogen and oxygen atoms in total. The number of rotatable bonds is 9. The normalized spacial score (nSPS) is 53.0. The second-order valence-electron chi connectivity index (χ2n) is 36.2. The Morgan fingerprint density at radius 1 is 0.830 bits per heavy atom. The Labute approximate surface area is 554 Å². The minimum Gasteiger partial charge on any atom is -0.469 e. The number of Topliss-reactive ketones (excluding diaryl/α,β-unsaturated/α-hetero) is 1. The van der Waals surface area contributed by atoms with E-state index in [0.29, 0.717) is 60.7 Å². The molecule has 1 aromatic carbocycles. The van der Waals surface area contributed by atoms with Crippen LogP contribution in [0.1, 0.15) is 178 Å². The summed E-state index contributed by atoms with van der Waals surface area (Å²) in [6.07, 6.45) is 39.1. The van der Waals surface area contributed by atoms with Crippen LogP contribution in [-0.2, 0) is 46.2 Å². The lowest BCUT2D eigenvalue weighted by molar-refractivity contribution is -0.301. The molecule has 5 bridgehead atoms. The molecule has 0 unspecified atom stereocenters. The van der Waals surface area contributed by atoms with E-state index in [1.165, 1.54) is 49.7 Å². The molecule has 0 amide bonds. The maximum absolute atomic E-state index is 18.1. The van der Waals surface area contributed by atoms with Gasteiger partial charge in [0.15, 0.2) is 11.9 Å². The first kappa shape index (κ1) is 58.6. The zero-order valence-electron chi connectivity index (χ0n) is 55.3. The Morgan fingerprint density at radius 2 is 1.70 bits per heavy atom. The van der Waals surface area contributed by atoms with Crippen molar-refractivity contribution in [3.05, 3.63) is 108 Å². The van der Waals surface area contributed by atoms with Crippen molar-refractivity contribution in [3.8, 4) is 0 Å². The number of allylic oxidation sites excluding steroid dienone is 5. The average Bonchev–Trinajstić information content (AvgIpc) is 1.41. The maximum Gasteiger partial charge on any atom is 0.339 e. The van der Waals surface area contributed by atoms with Gasteiger partial charge < -0.3 is 43.6 Å². The summed E-state index contributed by atoms with van der Waals surface area (Å²) in [5, 5.41) is 41.9. The average molecular weight is 1280 g/mol. The van der Waals surface area contributed by atoms with Crippen molar-refractivity contribution in [2.24, 2.45) is 127 Å². The summed E-state index contributed by atoms with van der Waals surface area (Å²) in [7, 11) is 0. The smallest absolute Gasteiger partial charge is 0.339 e. The Bertz CT molecular complexity index is 3640. The van der Waals surface area contributed by atoms with Gasteiger partial charge in [0.1, 0.15) is 35.8 Å². The van der Waals surface area contributed by atoms with Gasteiger partial charge >= 0.3 is 11.9 Å². The van der Waals surface area contributed by atoms with Crippen LogP contribution in [0.5, 0.6) is 0 Å². The molecule has 2 aromatic rings. The molecule has 0 radical (unpaired) electrons. The highest BCUT2D eigenvalue weighted by atomic mass is 16.7. The topological polar surface area (TPSA) is 181 Å². The summed E-state index contributed by atoms with van der Waals surface area (Å²) >= 11 is 0. The van der Waals surface area contributed by atoms with Crippen molar-refractivity contribution in [1.29, 1.82) is 0 Å². The molecule has 13 heteroatoms. The van der Waals surface area contributed by atoms with E-state index in [4.69, 9.17) is 23.4 Å². The Kier molecular flexibility index (Phi) is 12.3. The number of fused-ring (bicyclic) bond motifs is 5. The van der Waals surface area contributed by atoms with E-state index in [0.717, 1.165) is 122 Å². The third-order valence-electron chi connectivity index (χ3n) is 33.6. The second kappa shape index (κ2) is 19.8. The molecule has 21 rings (SSSR count). The van der Waals surface area contributed by atoms with E-state index in [2.05, 4.69) is 90.1 Å². The van der Waals surface area contributed by atoms with E-state index in [1.807, 2.05) is 6.07 Å². The number of nitrogens with zero attached hydrogens (tertiary/aromatic N) is 1. The predicted octanol–water partition coefficient (Wildman–Crippen LogP) is 11.9. The van der Waals surface area contributed by atoms with Gasteiger partial charge in [0.2, 0.25) is 0 Å². The van der Waals surface area contributed by atoms with Crippen LogP contribution in [0.4, 0.5) is 0 Å². The molecule has 500 valence electrons. The first-order valence-corrected chi connectivity index (χ1v) is 38.3. The van der Waals surface area contributed by atoms with Crippen LogP contribution < -0.4 is 5.32 Å². The molecular weight excluding hydrogens is 1180 g/mol. The molecule has 5 saturated heterocycles. The number of nitrogens with one attached hydrogen (secondary N) is 1. The third-order valence-corrected chi connectivity index (χ3v) is 33.6. The summed E-state index contributed by atoms with van der Waals surface area (Å²) in [5.41, 5.74) is -4.33. The van der Waals surface area contributed by atoms with Crippen molar-refractivity contribution in [2.45, 2.75) is 215 Å². The number of ether oxygens (including phenoxy) is 4. The van der Waals surface area contributed by atoms with Gasteiger partial charge in [-0.05, 0) is 227 Å². The largest absolute Gasteiger partial charge is 0.469 e. The zero-order valence-corrected chi connectivity index (χ0v) is 55.3. The van der Waals surface area contributed by atoms with Crippen LogP contribution in [0.15, 0.2) is 95.3 Å². The van der Waals surface area contributed by atoms with E-state index in [9.17, 15) is 10.2 Å². The molecular formula is C81H100N2O11. The number of esters is 2. The first-order valence-electron chi connectivity index (χ1n) is 38.3. The molecule has 10 saturated carbocycles. The van der Waals surface area contributed by atoms with E-state index in [1.54, 1.807) is 6.26 Å². The fourth-order valence-corrected chi connectivity index (χ4v) is 31.2. The quantitative estimate of drug-likeness (QED) is 0.106. The third kappa shape index (κ3) is 6.82. The van der Waals surface area contributed by atoms with Gasteiger partial charge in [0.05, 0.1) is 48.5 Å². The summed E-state index contributed by atoms with van der Waals surface area (Å²) in [5.74, 6) is 0.470. The monoisotopic (exact) mass is 1280 g/mol. The molecule has 1 aromatic heterocycles. The maximum atomic E-state index is 18.1. The standard InChI is InChI=1S/C81H100N2O11/c1-73-37-50-38-75-42-74(25-7-8-26-74)39-54(75)34-53-35-63-76-27-21-47-14-5-6-17-55(47)59(76)18-10-15-51(76)22-28-78(63)66-64(86)68(87)79(52-16-9-13-46(32-52)31-45-11-3-2-4-12-45,65(50)77(66)43-91-71(88)67(75)80(53,77)94-78)81(73)70(93-81)72(89)92-69(73)57-24-30-90-62(57)36-58(61(85)41-84)48-19-20-56-49(33-48)23-29-83-44-82-40-60(56)83/h2-4,10-12,15,21,23-24,27,29-30,35,46-52,54-56,58-61,63,65-70,82,84-85,87H,5-9,13-14,16-20,22,25-26,28,31-34,36-44H2,1H3/t46-,47-,48+,49-,50+,51+,52+,54+,55+,56+,58+,59+,60+,61-,63-,65-,66+,67+,68-,69+,70-,73+,75-,76-,77-,78+,79+,80+,81-/m1/s1. The number of aliphatic hydroxyl groups excluding tert-OH is 3. The van der Waals surface area contributed by atoms with Crippen LogP contribution in [-0.4, -0.2) is 106 Å². The summed E-state index contributed by atoms with van der Waals surface area (Å²) < 4.78 is 38.0. The van der Waals surface area contributed by atoms with Crippen molar-refractivity contribution >= 4 is 17.7 Å². The lowest BCUT2D eigenvalue weighted by atomic mass is 9.29. The van der Waals surface area contributed by atoms with Crippen molar-refractivity contribution in [3.63, 3.8) is 0 Å². The number of furan rings is 1. The number of ketones is 1. The number of hydrogen-bond acceptors (Lipinski definition) is 13. The minimum atomic E-state index is -1.51. The Hall–Kier alpha value is -4.37. The Morgan fingerprint density at radius 3 is 2.57 bits per heavy atom.